The lowest BCUT2D eigenvalue weighted by atomic mass is 10.1. The second-order valence-electron chi connectivity index (χ2n) is 7.80. The smallest absolute Gasteiger partial charge is 0.416 e. The van der Waals surface area contributed by atoms with Crippen molar-refractivity contribution in [3.05, 3.63) is 75.7 Å². The molecule has 158 valence electrons. The van der Waals surface area contributed by atoms with Gasteiger partial charge in [0, 0.05) is 31.2 Å². The Morgan fingerprint density at radius 1 is 1.07 bits per heavy atom. The van der Waals surface area contributed by atoms with Crippen molar-refractivity contribution in [2.75, 3.05) is 13.1 Å². The molecule has 1 aliphatic rings. The monoisotopic (exact) mass is 416 g/mol. The number of H-pyrrole nitrogens is 1. The number of rotatable bonds is 4. The lowest BCUT2D eigenvalue weighted by molar-refractivity contribution is -0.137. The number of alkyl halides is 3. The zero-order valence-electron chi connectivity index (χ0n) is 16.6. The summed E-state index contributed by atoms with van der Waals surface area (Å²) in [5, 5.41) is 1.53. The number of halogens is 3. The fraction of sp³-hybridized carbons (Fsp3) is 0.348. The third kappa shape index (κ3) is 4.51. The summed E-state index contributed by atoms with van der Waals surface area (Å²) in [5.74, 6) is 0.748. The Labute approximate surface area is 172 Å². The zero-order valence-corrected chi connectivity index (χ0v) is 16.6. The number of aromatic amines is 1. The first kappa shape index (κ1) is 20.5. The van der Waals surface area contributed by atoms with E-state index in [1.165, 1.54) is 0 Å². The van der Waals surface area contributed by atoms with Crippen LogP contribution in [0.25, 0.3) is 10.8 Å². The molecule has 0 saturated carbocycles. The number of aromatic nitrogens is 1. The van der Waals surface area contributed by atoms with Gasteiger partial charge in [0.15, 0.2) is 0 Å². The number of aryl methyl sites for hydroxylation is 1. The minimum absolute atomic E-state index is 0.0774. The van der Waals surface area contributed by atoms with E-state index >= 15 is 0 Å². The van der Waals surface area contributed by atoms with Gasteiger partial charge in [0.1, 0.15) is 11.9 Å². The van der Waals surface area contributed by atoms with Gasteiger partial charge in [-0.15, -0.1) is 0 Å². The van der Waals surface area contributed by atoms with Gasteiger partial charge in [0.25, 0.3) is 5.56 Å². The van der Waals surface area contributed by atoms with E-state index in [0.29, 0.717) is 11.9 Å². The molecule has 30 heavy (non-hydrogen) atoms. The number of pyridine rings is 1. The van der Waals surface area contributed by atoms with Gasteiger partial charge in [0.05, 0.1) is 5.56 Å². The van der Waals surface area contributed by atoms with E-state index in [0.717, 1.165) is 60.3 Å². The Bertz CT molecular complexity index is 1080. The quantitative estimate of drug-likeness (QED) is 0.658. The first-order valence-corrected chi connectivity index (χ1v) is 9.97. The SMILES string of the molecule is Cc1c[nH]c(=O)c2ccc(OC3CCN(Cc4ccc(C(F)(F)F)cc4)CC3)cc12. The molecular weight excluding hydrogens is 393 g/mol. The number of hydrogen-bond acceptors (Lipinski definition) is 3. The molecule has 1 aromatic heterocycles. The summed E-state index contributed by atoms with van der Waals surface area (Å²) >= 11 is 0. The van der Waals surface area contributed by atoms with Gasteiger partial charge >= 0.3 is 6.18 Å². The summed E-state index contributed by atoms with van der Waals surface area (Å²) in [6, 6.07) is 10.9. The Morgan fingerprint density at radius 2 is 1.77 bits per heavy atom. The van der Waals surface area contributed by atoms with Crippen LogP contribution in [0.4, 0.5) is 13.2 Å². The van der Waals surface area contributed by atoms with Crippen LogP contribution in [-0.4, -0.2) is 29.1 Å². The van der Waals surface area contributed by atoms with Crippen molar-refractivity contribution in [2.24, 2.45) is 0 Å². The molecule has 3 aromatic rings. The van der Waals surface area contributed by atoms with E-state index in [9.17, 15) is 18.0 Å². The maximum Gasteiger partial charge on any atom is 0.416 e. The first-order chi connectivity index (χ1) is 14.3. The van der Waals surface area contributed by atoms with Crippen molar-refractivity contribution < 1.29 is 17.9 Å². The van der Waals surface area contributed by atoms with Gasteiger partial charge in [-0.3, -0.25) is 9.69 Å². The largest absolute Gasteiger partial charge is 0.490 e. The molecule has 1 fully saturated rings. The zero-order chi connectivity index (χ0) is 21.3. The third-order valence-corrected chi connectivity index (χ3v) is 5.61. The highest BCUT2D eigenvalue weighted by atomic mass is 19.4. The number of nitrogens with zero attached hydrogens (tertiary/aromatic N) is 1. The molecule has 2 aromatic carbocycles. The van der Waals surface area contributed by atoms with Crippen LogP contribution >= 0.6 is 0 Å². The molecule has 2 heterocycles. The normalized spacial score (nSPS) is 16.1. The summed E-state index contributed by atoms with van der Waals surface area (Å²) in [4.78, 5) is 16.9. The van der Waals surface area contributed by atoms with Crippen LogP contribution in [0.5, 0.6) is 5.75 Å². The van der Waals surface area contributed by atoms with Gasteiger partial charge in [-0.2, -0.15) is 13.2 Å². The molecule has 0 spiro atoms. The highest BCUT2D eigenvalue weighted by Gasteiger charge is 2.30. The van der Waals surface area contributed by atoms with Crippen LogP contribution in [0.15, 0.2) is 53.5 Å². The second kappa shape index (κ2) is 8.14. The average molecular weight is 416 g/mol. The third-order valence-electron chi connectivity index (χ3n) is 5.61. The Balaban J connectivity index is 1.34. The Morgan fingerprint density at radius 3 is 2.43 bits per heavy atom. The minimum Gasteiger partial charge on any atom is -0.490 e. The predicted octanol–water partition coefficient (Wildman–Crippen LogP) is 4.90. The van der Waals surface area contributed by atoms with E-state index in [-0.39, 0.29) is 11.7 Å². The van der Waals surface area contributed by atoms with Crippen LogP contribution in [0.1, 0.15) is 29.5 Å². The topological polar surface area (TPSA) is 45.3 Å². The molecule has 0 bridgehead atoms. The fourth-order valence-corrected chi connectivity index (χ4v) is 3.89. The van der Waals surface area contributed by atoms with E-state index in [2.05, 4.69) is 9.88 Å². The number of piperidine rings is 1. The van der Waals surface area contributed by atoms with Crippen LogP contribution in [0, 0.1) is 6.92 Å². The number of ether oxygens (including phenoxy) is 1. The van der Waals surface area contributed by atoms with E-state index in [4.69, 9.17) is 4.74 Å². The molecular formula is C23H23F3N2O2. The number of nitrogens with one attached hydrogen (secondary N) is 1. The van der Waals surface area contributed by atoms with Gasteiger partial charge in [-0.05, 0) is 66.6 Å². The molecule has 0 unspecified atom stereocenters. The Hall–Kier alpha value is -2.80. The van der Waals surface area contributed by atoms with Gasteiger partial charge in [0.2, 0.25) is 0 Å². The molecule has 1 aliphatic heterocycles. The lowest BCUT2D eigenvalue weighted by Crippen LogP contribution is -2.37. The standard InChI is InChI=1S/C23H23F3N2O2/c1-15-13-27-22(29)20-7-6-19(12-21(15)20)30-18-8-10-28(11-9-18)14-16-2-4-17(5-3-16)23(24,25)26/h2-7,12-13,18H,8-11,14H2,1H3,(H,27,29). The molecule has 4 rings (SSSR count). The van der Waals surface area contributed by atoms with Crippen LogP contribution in [0.2, 0.25) is 0 Å². The number of likely N-dealkylation sites (tertiary alicyclic amines) is 1. The molecule has 7 heteroatoms. The highest BCUT2D eigenvalue weighted by Crippen LogP contribution is 2.29. The maximum absolute atomic E-state index is 12.7. The fourth-order valence-electron chi connectivity index (χ4n) is 3.89. The van der Waals surface area contributed by atoms with Crippen molar-refractivity contribution in [1.29, 1.82) is 0 Å². The van der Waals surface area contributed by atoms with Crippen LogP contribution in [-0.2, 0) is 12.7 Å². The highest BCUT2D eigenvalue weighted by molar-refractivity contribution is 5.85. The van der Waals surface area contributed by atoms with E-state index in [1.807, 2.05) is 19.1 Å². The molecule has 1 N–H and O–H groups in total. The van der Waals surface area contributed by atoms with Crippen molar-refractivity contribution in [3.63, 3.8) is 0 Å². The van der Waals surface area contributed by atoms with Gasteiger partial charge < -0.3 is 9.72 Å². The molecule has 0 amide bonds. The van der Waals surface area contributed by atoms with Crippen molar-refractivity contribution in [1.82, 2.24) is 9.88 Å². The number of fused-ring (bicyclic) bond motifs is 1. The van der Waals surface area contributed by atoms with Crippen molar-refractivity contribution in [2.45, 2.75) is 38.6 Å². The van der Waals surface area contributed by atoms with Crippen molar-refractivity contribution >= 4 is 10.8 Å². The Kier molecular flexibility index (Phi) is 5.56. The summed E-state index contributed by atoms with van der Waals surface area (Å²) in [5.41, 5.74) is 1.13. The molecule has 1 saturated heterocycles. The van der Waals surface area contributed by atoms with Crippen LogP contribution in [0.3, 0.4) is 0 Å². The molecule has 0 radical (unpaired) electrons. The predicted molar refractivity (Wildman–Crippen MR) is 110 cm³/mol. The molecule has 0 atom stereocenters. The first-order valence-electron chi connectivity index (χ1n) is 9.97. The lowest BCUT2D eigenvalue weighted by Gasteiger charge is -2.32. The minimum atomic E-state index is -4.30. The number of hydrogen-bond donors (Lipinski definition) is 1. The number of benzene rings is 2. The van der Waals surface area contributed by atoms with Gasteiger partial charge in [-0.1, -0.05) is 12.1 Å². The summed E-state index contributed by atoms with van der Waals surface area (Å²) in [6.07, 6.45) is -0.842. The average Bonchev–Trinajstić information content (AvgIpc) is 2.72. The molecule has 4 nitrogen and oxygen atoms in total. The summed E-state index contributed by atoms with van der Waals surface area (Å²) < 4.78 is 44.2. The second-order valence-corrected chi connectivity index (χ2v) is 7.80. The maximum atomic E-state index is 12.7. The van der Waals surface area contributed by atoms with Crippen LogP contribution < -0.4 is 10.3 Å². The molecule has 0 aliphatic carbocycles. The summed E-state index contributed by atoms with van der Waals surface area (Å²) in [6.45, 7) is 4.21. The van der Waals surface area contributed by atoms with E-state index < -0.39 is 11.7 Å². The van der Waals surface area contributed by atoms with E-state index in [1.54, 1.807) is 24.4 Å². The van der Waals surface area contributed by atoms with Gasteiger partial charge in [-0.25, -0.2) is 0 Å². The summed E-state index contributed by atoms with van der Waals surface area (Å²) in [7, 11) is 0. The van der Waals surface area contributed by atoms with Crippen molar-refractivity contribution in [3.8, 4) is 5.75 Å².